The van der Waals surface area contributed by atoms with E-state index < -0.39 is 6.36 Å². The van der Waals surface area contributed by atoms with Gasteiger partial charge in [0, 0.05) is 11.0 Å². The molecule has 0 unspecified atom stereocenters. The lowest BCUT2D eigenvalue weighted by Crippen LogP contribution is -2.36. The average molecular weight is 341 g/mol. The van der Waals surface area contributed by atoms with E-state index in [0.29, 0.717) is 11.0 Å². The Balaban J connectivity index is 3.03. The Morgan fingerprint density at radius 2 is 2.16 bits per heavy atom. The number of nitrogens with two attached hydrogens (primary N) is 1. The van der Waals surface area contributed by atoms with E-state index in [1.54, 1.807) is 13.0 Å². The van der Waals surface area contributed by atoms with Crippen LogP contribution in [0.4, 0.5) is 18.9 Å². The molecular weight excluding hydrogens is 329 g/mol. The Bertz CT molecular complexity index is 465. The third-order valence-corrected chi connectivity index (χ3v) is 2.37. The Labute approximate surface area is 116 Å². The first-order valence-corrected chi connectivity index (χ1v) is 5.98. The molecule has 19 heavy (non-hydrogen) atoms. The minimum absolute atomic E-state index is 0.0886. The third-order valence-electron chi connectivity index (χ3n) is 1.88. The molecule has 5 nitrogen and oxygen atoms in total. The number of guanidine groups is 1. The smallest absolute Gasteiger partial charge is 0.404 e. The number of nitrogens with zero attached hydrogens (tertiary/aromatic N) is 1. The molecule has 1 aromatic rings. The summed E-state index contributed by atoms with van der Waals surface area (Å²) in [6.07, 6.45) is -4.78. The molecule has 0 aliphatic heterocycles. The summed E-state index contributed by atoms with van der Waals surface area (Å²) < 4.78 is 41.2. The summed E-state index contributed by atoms with van der Waals surface area (Å²) in [4.78, 5) is 3.92. The largest absolute Gasteiger partial charge is 0.573 e. The van der Waals surface area contributed by atoms with Crippen molar-refractivity contribution in [3.05, 3.63) is 22.7 Å². The molecule has 0 fully saturated rings. The second kappa shape index (κ2) is 6.62. The van der Waals surface area contributed by atoms with Crippen LogP contribution in [-0.4, -0.2) is 18.9 Å². The summed E-state index contributed by atoms with van der Waals surface area (Å²) in [7, 11) is 0. The number of nitrogens with one attached hydrogen (secondary N) is 2. The molecule has 0 amide bonds. The number of alkyl halides is 3. The van der Waals surface area contributed by atoms with Gasteiger partial charge in [0.15, 0.2) is 5.75 Å². The standard InChI is InChI=1S/C10H12BrF3N4O/c1-2-16-9(18-15)17-7-4-3-6(11)5-8(7)19-10(12,13)14/h3-5H,2,15H2,1H3,(H2,16,17,18). The fraction of sp³-hybridized carbons (Fsp3) is 0.300. The average Bonchev–Trinajstić information content (AvgIpc) is 2.29. The Hall–Kier alpha value is -1.48. The zero-order valence-electron chi connectivity index (χ0n) is 9.88. The van der Waals surface area contributed by atoms with Crippen molar-refractivity contribution in [2.75, 3.05) is 11.9 Å². The van der Waals surface area contributed by atoms with Crippen molar-refractivity contribution in [1.29, 1.82) is 0 Å². The molecule has 0 saturated carbocycles. The fourth-order valence-corrected chi connectivity index (χ4v) is 1.56. The van der Waals surface area contributed by atoms with Crippen LogP contribution in [-0.2, 0) is 0 Å². The molecule has 0 aromatic heterocycles. The van der Waals surface area contributed by atoms with Crippen LogP contribution in [0, 0.1) is 0 Å². The quantitative estimate of drug-likeness (QED) is 0.342. The van der Waals surface area contributed by atoms with Crippen molar-refractivity contribution in [3.63, 3.8) is 0 Å². The van der Waals surface area contributed by atoms with E-state index in [-0.39, 0.29) is 17.4 Å². The number of aliphatic imine (C=N–C) groups is 1. The van der Waals surface area contributed by atoms with Crippen molar-refractivity contribution >= 4 is 27.6 Å². The van der Waals surface area contributed by atoms with Crippen molar-refractivity contribution in [2.45, 2.75) is 13.3 Å². The summed E-state index contributed by atoms with van der Waals surface area (Å²) in [5.41, 5.74) is 2.34. The molecule has 0 heterocycles. The van der Waals surface area contributed by atoms with Gasteiger partial charge >= 0.3 is 6.36 Å². The van der Waals surface area contributed by atoms with Gasteiger partial charge in [-0.3, -0.25) is 10.4 Å². The van der Waals surface area contributed by atoms with Gasteiger partial charge in [0.2, 0.25) is 5.96 Å². The second-order valence-electron chi connectivity index (χ2n) is 3.28. The molecule has 1 aromatic carbocycles. The van der Waals surface area contributed by atoms with Crippen LogP contribution in [0.15, 0.2) is 27.7 Å². The van der Waals surface area contributed by atoms with E-state index in [1.165, 1.54) is 12.1 Å². The summed E-state index contributed by atoms with van der Waals surface area (Å²) in [5.74, 6) is 4.95. The molecular formula is C10H12BrF3N4O. The van der Waals surface area contributed by atoms with Crippen molar-refractivity contribution in [1.82, 2.24) is 5.43 Å². The highest BCUT2D eigenvalue weighted by atomic mass is 79.9. The number of hydrazine groups is 1. The summed E-state index contributed by atoms with van der Waals surface area (Å²) in [6.45, 7) is 2.17. The van der Waals surface area contributed by atoms with E-state index in [1.807, 2.05) is 0 Å². The molecule has 0 aliphatic carbocycles. The number of ether oxygens (including phenoxy) is 1. The molecule has 0 bridgehead atoms. The zero-order valence-corrected chi connectivity index (χ0v) is 11.5. The summed E-state index contributed by atoms with van der Waals surface area (Å²) in [5, 5.41) is 2.62. The minimum atomic E-state index is -4.78. The van der Waals surface area contributed by atoms with Crippen LogP contribution in [0.3, 0.4) is 0 Å². The molecule has 9 heteroatoms. The van der Waals surface area contributed by atoms with E-state index in [2.05, 4.69) is 36.4 Å². The summed E-state index contributed by atoms with van der Waals surface area (Å²) >= 11 is 3.07. The number of anilines is 1. The van der Waals surface area contributed by atoms with E-state index >= 15 is 0 Å². The van der Waals surface area contributed by atoms with Gasteiger partial charge in [0.05, 0.1) is 5.69 Å². The van der Waals surface area contributed by atoms with E-state index in [4.69, 9.17) is 5.84 Å². The predicted octanol–water partition coefficient (Wildman–Crippen LogP) is 2.60. The van der Waals surface area contributed by atoms with Gasteiger partial charge < -0.3 is 10.1 Å². The first-order chi connectivity index (χ1) is 8.85. The van der Waals surface area contributed by atoms with E-state index in [0.717, 1.165) is 0 Å². The Morgan fingerprint density at radius 1 is 1.47 bits per heavy atom. The molecule has 1 rings (SSSR count). The number of rotatable bonds is 3. The van der Waals surface area contributed by atoms with Gasteiger partial charge in [0.1, 0.15) is 0 Å². The van der Waals surface area contributed by atoms with E-state index in [9.17, 15) is 13.2 Å². The minimum Gasteiger partial charge on any atom is -0.404 e. The van der Waals surface area contributed by atoms with Gasteiger partial charge in [-0.05, 0) is 25.1 Å². The molecule has 0 radical (unpaired) electrons. The first kappa shape index (κ1) is 15.6. The SMILES string of the molecule is CCN=C(NN)Nc1ccc(Br)cc1OC(F)(F)F. The first-order valence-electron chi connectivity index (χ1n) is 5.19. The van der Waals surface area contributed by atoms with Gasteiger partial charge in [-0.1, -0.05) is 15.9 Å². The second-order valence-corrected chi connectivity index (χ2v) is 4.20. The van der Waals surface area contributed by atoms with Crippen LogP contribution >= 0.6 is 15.9 Å². The molecule has 0 spiro atoms. The lowest BCUT2D eigenvalue weighted by atomic mass is 10.3. The van der Waals surface area contributed by atoms with Crippen LogP contribution < -0.4 is 21.3 Å². The number of hydrogen-bond donors (Lipinski definition) is 3. The van der Waals surface area contributed by atoms with Gasteiger partial charge in [0.25, 0.3) is 0 Å². The zero-order chi connectivity index (χ0) is 14.5. The van der Waals surface area contributed by atoms with Gasteiger partial charge in [-0.2, -0.15) is 0 Å². The normalized spacial score (nSPS) is 12.2. The number of halogens is 4. The van der Waals surface area contributed by atoms with Crippen LogP contribution in [0.2, 0.25) is 0 Å². The lowest BCUT2D eigenvalue weighted by molar-refractivity contribution is -0.274. The lowest BCUT2D eigenvalue weighted by Gasteiger charge is -2.15. The molecule has 4 N–H and O–H groups in total. The van der Waals surface area contributed by atoms with Crippen molar-refractivity contribution < 1.29 is 17.9 Å². The molecule has 106 valence electrons. The molecule has 0 saturated heterocycles. The fourth-order valence-electron chi connectivity index (χ4n) is 1.22. The third kappa shape index (κ3) is 5.35. The molecule has 0 atom stereocenters. The maximum atomic E-state index is 12.3. The summed E-state index contributed by atoms with van der Waals surface area (Å²) in [6, 6.07) is 4.16. The van der Waals surface area contributed by atoms with Crippen molar-refractivity contribution in [2.24, 2.45) is 10.8 Å². The van der Waals surface area contributed by atoms with Crippen LogP contribution in [0.25, 0.3) is 0 Å². The topological polar surface area (TPSA) is 71.7 Å². The van der Waals surface area contributed by atoms with Crippen molar-refractivity contribution in [3.8, 4) is 5.75 Å². The van der Waals surface area contributed by atoms with Gasteiger partial charge in [-0.25, -0.2) is 5.84 Å². The maximum Gasteiger partial charge on any atom is 0.573 e. The highest BCUT2D eigenvalue weighted by molar-refractivity contribution is 9.10. The Kier molecular flexibility index (Phi) is 5.43. The maximum absolute atomic E-state index is 12.3. The number of benzene rings is 1. The highest BCUT2D eigenvalue weighted by Crippen LogP contribution is 2.32. The number of hydrogen-bond acceptors (Lipinski definition) is 3. The molecule has 0 aliphatic rings. The van der Waals surface area contributed by atoms with Crippen LogP contribution in [0.1, 0.15) is 6.92 Å². The van der Waals surface area contributed by atoms with Gasteiger partial charge in [-0.15, -0.1) is 13.2 Å². The predicted molar refractivity (Wildman–Crippen MR) is 69.7 cm³/mol. The highest BCUT2D eigenvalue weighted by Gasteiger charge is 2.32. The van der Waals surface area contributed by atoms with Crippen LogP contribution in [0.5, 0.6) is 5.75 Å². The Morgan fingerprint density at radius 3 is 2.68 bits per heavy atom. The monoisotopic (exact) mass is 340 g/mol.